The van der Waals surface area contributed by atoms with Gasteiger partial charge in [-0.1, -0.05) is 13.0 Å². The number of benzene rings is 1. The van der Waals surface area contributed by atoms with Gasteiger partial charge in [-0.3, -0.25) is 14.6 Å². The molecule has 4 aromatic rings. The van der Waals surface area contributed by atoms with Gasteiger partial charge in [-0.2, -0.15) is 13.2 Å². The predicted octanol–water partition coefficient (Wildman–Crippen LogP) is 4.55. The molecular formula is C30H31F4N9O2. The minimum Gasteiger partial charge on any atom is -0.369 e. The number of anilines is 2. The van der Waals surface area contributed by atoms with E-state index in [1.54, 1.807) is 24.5 Å². The molecule has 1 aliphatic rings. The van der Waals surface area contributed by atoms with Crippen molar-refractivity contribution in [1.29, 1.82) is 0 Å². The largest absolute Gasteiger partial charge is 0.397 e. The van der Waals surface area contributed by atoms with Gasteiger partial charge in [-0.05, 0) is 30.5 Å². The average Bonchev–Trinajstić information content (AvgIpc) is 3.03. The van der Waals surface area contributed by atoms with Crippen molar-refractivity contribution in [2.24, 2.45) is 0 Å². The van der Waals surface area contributed by atoms with Gasteiger partial charge in [0.2, 0.25) is 11.9 Å². The highest BCUT2D eigenvalue weighted by Gasteiger charge is 2.34. The quantitative estimate of drug-likeness (QED) is 0.229. The number of nitrogens with zero attached hydrogens (tertiary/aromatic N) is 6. The zero-order chi connectivity index (χ0) is 32.1. The summed E-state index contributed by atoms with van der Waals surface area (Å²) >= 11 is 0. The van der Waals surface area contributed by atoms with Crippen LogP contribution in [0.5, 0.6) is 0 Å². The molecule has 1 fully saturated rings. The Morgan fingerprint density at radius 2 is 1.78 bits per heavy atom. The van der Waals surface area contributed by atoms with E-state index in [0.29, 0.717) is 47.9 Å². The first-order valence-electron chi connectivity index (χ1n) is 14.3. The Balaban J connectivity index is 1.19. The molecule has 0 radical (unpaired) electrons. The van der Waals surface area contributed by atoms with E-state index in [1.165, 1.54) is 36.6 Å². The molecule has 0 bridgehead atoms. The minimum atomic E-state index is -4.52. The molecule has 0 spiro atoms. The molecule has 45 heavy (non-hydrogen) atoms. The fourth-order valence-electron chi connectivity index (χ4n) is 5.22. The van der Waals surface area contributed by atoms with E-state index in [9.17, 15) is 27.2 Å². The first kappa shape index (κ1) is 31.5. The van der Waals surface area contributed by atoms with Crippen LogP contribution in [-0.4, -0.2) is 80.5 Å². The number of pyridine rings is 1. The number of fused-ring (bicyclic) bond motifs is 1. The van der Waals surface area contributed by atoms with Crippen molar-refractivity contribution in [3.05, 3.63) is 66.1 Å². The van der Waals surface area contributed by atoms with Crippen LogP contribution >= 0.6 is 0 Å². The van der Waals surface area contributed by atoms with Crippen LogP contribution in [0.1, 0.15) is 48.0 Å². The smallest absolute Gasteiger partial charge is 0.369 e. The summed E-state index contributed by atoms with van der Waals surface area (Å²) in [6.07, 6.45) is 1.10. The van der Waals surface area contributed by atoms with Crippen molar-refractivity contribution in [2.75, 3.05) is 37.3 Å². The molecular weight excluding hydrogens is 594 g/mol. The summed E-state index contributed by atoms with van der Waals surface area (Å²) in [5.41, 5.74) is 2.62. The van der Waals surface area contributed by atoms with Gasteiger partial charge in [-0.25, -0.2) is 24.3 Å². The predicted molar refractivity (Wildman–Crippen MR) is 159 cm³/mol. The molecule has 3 N–H and O–H groups in total. The molecule has 15 heteroatoms. The number of carbonyl (C=O) groups excluding carboxylic acids is 2. The van der Waals surface area contributed by atoms with Crippen LogP contribution in [0.25, 0.3) is 22.2 Å². The number of halogens is 4. The Bertz CT molecular complexity index is 1680. The third-order valence-corrected chi connectivity index (χ3v) is 7.61. The van der Waals surface area contributed by atoms with Gasteiger partial charge < -0.3 is 20.9 Å². The van der Waals surface area contributed by atoms with Crippen LogP contribution in [-0.2, 0) is 4.79 Å². The summed E-state index contributed by atoms with van der Waals surface area (Å²) in [6.45, 7) is 2.85. The van der Waals surface area contributed by atoms with Gasteiger partial charge in [0, 0.05) is 74.2 Å². The summed E-state index contributed by atoms with van der Waals surface area (Å²) in [5, 5.41) is 9.16. The van der Waals surface area contributed by atoms with Gasteiger partial charge in [0.1, 0.15) is 24.4 Å². The van der Waals surface area contributed by atoms with E-state index < -0.39 is 30.2 Å². The van der Waals surface area contributed by atoms with Crippen molar-refractivity contribution in [1.82, 2.24) is 35.1 Å². The molecule has 0 aliphatic carbocycles. The van der Waals surface area contributed by atoms with Crippen molar-refractivity contribution in [3.8, 4) is 11.3 Å². The summed E-state index contributed by atoms with van der Waals surface area (Å²) in [7, 11) is 1.49. The second kappa shape index (κ2) is 13.4. The lowest BCUT2D eigenvalue weighted by Crippen LogP contribution is -2.43. The second-order valence-corrected chi connectivity index (χ2v) is 10.8. The maximum absolute atomic E-state index is 14.8. The lowest BCUT2D eigenvalue weighted by atomic mass is 9.95. The molecule has 1 atom stereocenters. The molecule has 0 unspecified atom stereocenters. The number of aromatic nitrogens is 5. The first-order chi connectivity index (χ1) is 21.5. The number of hydrogen-bond acceptors (Lipinski definition) is 9. The number of carbonyl (C=O) groups is 2. The number of piperidine rings is 1. The third kappa shape index (κ3) is 7.59. The lowest BCUT2D eigenvalue weighted by Gasteiger charge is -2.32. The molecule has 11 nitrogen and oxygen atoms in total. The molecule has 1 aromatic carbocycles. The highest BCUT2D eigenvalue weighted by Crippen LogP contribution is 2.29. The lowest BCUT2D eigenvalue weighted by molar-refractivity contribution is -0.162. The maximum Gasteiger partial charge on any atom is 0.397 e. The van der Waals surface area contributed by atoms with Crippen LogP contribution in [0.2, 0.25) is 0 Å². The highest BCUT2D eigenvalue weighted by molar-refractivity contribution is 6.06. The van der Waals surface area contributed by atoms with E-state index in [4.69, 9.17) is 0 Å². The van der Waals surface area contributed by atoms with E-state index in [-0.39, 0.29) is 36.0 Å². The highest BCUT2D eigenvalue weighted by atomic mass is 19.4. The molecule has 236 valence electrons. The van der Waals surface area contributed by atoms with E-state index in [0.717, 1.165) is 5.56 Å². The summed E-state index contributed by atoms with van der Waals surface area (Å²) in [6, 6.07) is 6.17. The minimum absolute atomic E-state index is 0.0774. The van der Waals surface area contributed by atoms with Crippen LogP contribution in [0.3, 0.4) is 0 Å². The van der Waals surface area contributed by atoms with Crippen molar-refractivity contribution in [3.63, 3.8) is 0 Å². The van der Waals surface area contributed by atoms with Crippen LogP contribution in [0.4, 0.5) is 29.3 Å². The molecule has 2 amide bonds. The third-order valence-electron chi connectivity index (χ3n) is 7.61. The van der Waals surface area contributed by atoms with E-state index in [2.05, 4.69) is 40.9 Å². The molecule has 1 saturated heterocycles. The number of hydrogen-bond donors (Lipinski definition) is 3. The molecule has 0 saturated carbocycles. The Labute approximate surface area is 255 Å². The van der Waals surface area contributed by atoms with Crippen molar-refractivity contribution in [2.45, 2.75) is 44.3 Å². The summed E-state index contributed by atoms with van der Waals surface area (Å²) in [5.74, 6) is -1.04. The number of alkyl halides is 3. The van der Waals surface area contributed by atoms with Gasteiger partial charge in [-0.15, -0.1) is 0 Å². The zero-order valence-electron chi connectivity index (χ0n) is 24.5. The Morgan fingerprint density at radius 1 is 1.04 bits per heavy atom. The SMILES string of the molecule is CNC(=O)c1ccnc2c([C@H](C)CNc3cc(-c4cnc(NC5CCN(C(=O)CC(F)(F)F)CC5)nc4)ncn3)ccc(F)c12. The van der Waals surface area contributed by atoms with Gasteiger partial charge in [0.05, 0.1) is 16.8 Å². The van der Waals surface area contributed by atoms with Crippen molar-refractivity contribution < 1.29 is 27.2 Å². The molecule has 4 heterocycles. The van der Waals surface area contributed by atoms with Gasteiger partial charge in [0.25, 0.3) is 5.91 Å². The average molecular weight is 626 g/mol. The van der Waals surface area contributed by atoms with Crippen LogP contribution in [0, 0.1) is 5.82 Å². The fraction of sp³-hybridized carbons (Fsp3) is 0.367. The number of nitrogens with one attached hydrogen (secondary N) is 3. The normalized spacial score (nSPS) is 14.7. The molecule has 3 aromatic heterocycles. The molecule has 5 rings (SSSR count). The van der Waals surface area contributed by atoms with E-state index >= 15 is 0 Å². The zero-order valence-corrected chi connectivity index (χ0v) is 24.5. The Hall–Kier alpha value is -4.95. The standard InChI is InChI=1S/C30H31F4N9O2/c1-17(20-3-4-22(31)26-21(28(45)35-2)5-8-36-27(20)26)13-37-24-11-23(40-16-41-24)18-14-38-29(39-15-18)42-19-6-9-43(10-7-19)25(44)12-30(32,33)34/h3-5,8,11,14-17,19H,6-7,9-10,12-13H2,1-2H3,(H,35,45)(H,37,40,41)(H,38,39,42)/t17-/m1/s1. The van der Waals surface area contributed by atoms with Gasteiger partial charge in [0.15, 0.2) is 0 Å². The topological polar surface area (TPSA) is 138 Å². The van der Waals surface area contributed by atoms with Crippen LogP contribution in [0.15, 0.2) is 49.2 Å². The van der Waals surface area contributed by atoms with Crippen LogP contribution < -0.4 is 16.0 Å². The van der Waals surface area contributed by atoms with Crippen molar-refractivity contribution >= 4 is 34.5 Å². The molecule has 1 aliphatic heterocycles. The van der Waals surface area contributed by atoms with Gasteiger partial charge >= 0.3 is 6.18 Å². The number of amides is 2. The van der Waals surface area contributed by atoms with E-state index in [1.807, 2.05) is 6.92 Å². The monoisotopic (exact) mass is 625 g/mol. The first-order valence-corrected chi connectivity index (χ1v) is 14.3. The summed E-state index contributed by atoms with van der Waals surface area (Å²) in [4.78, 5) is 47.1. The summed E-state index contributed by atoms with van der Waals surface area (Å²) < 4.78 is 52.3. The maximum atomic E-state index is 14.8. The Morgan fingerprint density at radius 3 is 2.47 bits per heavy atom. The fourth-order valence-corrected chi connectivity index (χ4v) is 5.22. The number of rotatable bonds is 9. The Kier molecular flexibility index (Phi) is 9.34. The number of likely N-dealkylation sites (tertiary alicyclic amines) is 1. The second-order valence-electron chi connectivity index (χ2n) is 10.8.